The van der Waals surface area contributed by atoms with Crippen LogP contribution >= 0.6 is 11.6 Å². The Hall–Kier alpha value is -2.87. The second-order valence-corrected chi connectivity index (χ2v) is 8.91. The molecule has 0 aliphatic carbocycles. The summed E-state index contributed by atoms with van der Waals surface area (Å²) in [7, 11) is -3.49. The van der Waals surface area contributed by atoms with Gasteiger partial charge in [-0.25, -0.2) is 28.4 Å². The molecule has 0 fully saturated rings. The fraction of sp³-hybridized carbons (Fsp3) is 0.375. The number of sulfone groups is 1. The number of anilines is 1. The standard InChI is InChI=1S/C16H15ClF3N7O3S/c1-3-31(29,30)9-4-21-11(22-5-9)7-23-12-14(28)27(8(2)16(18,19)20)13-10(25-12)6-24-15(17)26-13/h4-6,8H,3,7H2,1-2H3,(H,23,25)/t8-/m0/s1. The van der Waals surface area contributed by atoms with E-state index in [0.717, 1.165) is 25.5 Å². The smallest absolute Gasteiger partial charge is 0.358 e. The summed E-state index contributed by atoms with van der Waals surface area (Å²) in [5.74, 6) is -0.444. The number of fused-ring (bicyclic) bond motifs is 1. The van der Waals surface area contributed by atoms with Crippen molar-refractivity contribution in [2.24, 2.45) is 0 Å². The second kappa shape index (κ2) is 8.34. The van der Waals surface area contributed by atoms with Crippen LogP contribution in [0.4, 0.5) is 19.0 Å². The molecule has 3 heterocycles. The largest absolute Gasteiger partial charge is 0.409 e. The molecule has 0 radical (unpaired) electrons. The monoisotopic (exact) mass is 477 g/mol. The van der Waals surface area contributed by atoms with Gasteiger partial charge in [-0.1, -0.05) is 6.92 Å². The van der Waals surface area contributed by atoms with E-state index in [1.165, 1.54) is 6.92 Å². The molecule has 0 aliphatic rings. The molecule has 10 nitrogen and oxygen atoms in total. The van der Waals surface area contributed by atoms with E-state index < -0.39 is 33.4 Å². The van der Waals surface area contributed by atoms with Gasteiger partial charge in [-0.2, -0.15) is 18.2 Å². The third kappa shape index (κ3) is 4.74. The number of hydrogen-bond acceptors (Lipinski definition) is 9. The van der Waals surface area contributed by atoms with Crippen molar-refractivity contribution in [3.05, 3.63) is 40.1 Å². The Labute approximate surface area is 178 Å². The van der Waals surface area contributed by atoms with Gasteiger partial charge in [0, 0.05) is 12.4 Å². The minimum Gasteiger partial charge on any atom is -0.358 e. The fourth-order valence-electron chi connectivity index (χ4n) is 2.53. The third-order valence-electron chi connectivity index (χ3n) is 4.30. The second-order valence-electron chi connectivity index (χ2n) is 6.29. The zero-order chi connectivity index (χ0) is 23.0. The van der Waals surface area contributed by atoms with Crippen LogP contribution in [0.1, 0.15) is 25.7 Å². The molecule has 1 atom stereocenters. The maximum absolute atomic E-state index is 13.3. The number of nitrogens with zero attached hydrogens (tertiary/aromatic N) is 6. The lowest BCUT2D eigenvalue weighted by molar-refractivity contribution is -0.162. The molecule has 3 aromatic heterocycles. The highest BCUT2D eigenvalue weighted by atomic mass is 35.5. The molecular weight excluding hydrogens is 463 g/mol. The quantitative estimate of drug-likeness (QED) is 0.530. The maximum Gasteiger partial charge on any atom is 0.409 e. The summed E-state index contributed by atoms with van der Waals surface area (Å²) < 4.78 is 64.1. The molecule has 0 aromatic carbocycles. The summed E-state index contributed by atoms with van der Waals surface area (Å²) in [4.78, 5) is 31.8. The summed E-state index contributed by atoms with van der Waals surface area (Å²) in [5.41, 5.74) is -1.55. The molecule has 31 heavy (non-hydrogen) atoms. The van der Waals surface area contributed by atoms with Crippen molar-refractivity contribution < 1.29 is 21.6 Å². The van der Waals surface area contributed by atoms with Gasteiger partial charge in [0.2, 0.25) is 5.28 Å². The average Bonchev–Trinajstić information content (AvgIpc) is 2.71. The lowest BCUT2D eigenvalue weighted by atomic mass is 10.3. The Kier molecular flexibility index (Phi) is 6.14. The Morgan fingerprint density at radius 1 is 1.16 bits per heavy atom. The summed E-state index contributed by atoms with van der Waals surface area (Å²) in [6.07, 6.45) is -1.43. The highest BCUT2D eigenvalue weighted by Crippen LogP contribution is 2.31. The van der Waals surface area contributed by atoms with Crippen molar-refractivity contribution in [1.82, 2.24) is 29.5 Å². The highest BCUT2D eigenvalue weighted by Gasteiger charge is 2.39. The van der Waals surface area contributed by atoms with Crippen LogP contribution in [-0.4, -0.2) is 49.8 Å². The van der Waals surface area contributed by atoms with Gasteiger partial charge in [-0.3, -0.25) is 9.36 Å². The van der Waals surface area contributed by atoms with Crippen molar-refractivity contribution in [3.8, 4) is 0 Å². The number of halogens is 4. The van der Waals surface area contributed by atoms with E-state index in [-0.39, 0.29) is 39.5 Å². The lowest BCUT2D eigenvalue weighted by Crippen LogP contribution is -2.35. The third-order valence-corrected chi connectivity index (χ3v) is 6.17. The molecule has 1 N–H and O–H groups in total. The van der Waals surface area contributed by atoms with Crippen LogP contribution in [0.5, 0.6) is 0 Å². The Morgan fingerprint density at radius 2 is 1.81 bits per heavy atom. The fourth-order valence-corrected chi connectivity index (χ4v) is 3.41. The van der Waals surface area contributed by atoms with E-state index in [1.807, 2.05) is 0 Å². The summed E-state index contributed by atoms with van der Waals surface area (Å²) in [6.45, 7) is 2.08. The summed E-state index contributed by atoms with van der Waals surface area (Å²) in [6, 6.07) is -2.22. The number of hydrogen-bond donors (Lipinski definition) is 1. The summed E-state index contributed by atoms with van der Waals surface area (Å²) >= 11 is 5.68. The van der Waals surface area contributed by atoms with Crippen molar-refractivity contribution in [2.45, 2.75) is 37.5 Å². The molecule has 3 rings (SSSR count). The topological polar surface area (TPSA) is 133 Å². The Balaban J connectivity index is 1.99. The minimum absolute atomic E-state index is 0.0713. The molecule has 0 saturated heterocycles. The van der Waals surface area contributed by atoms with E-state index in [4.69, 9.17) is 11.6 Å². The molecule has 0 unspecified atom stereocenters. The number of aromatic nitrogens is 6. The van der Waals surface area contributed by atoms with Gasteiger partial charge < -0.3 is 5.32 Å². The van der Waals surface area contributed by atoms with E-state index in [2.05, 4.69) is 30.2 Å². The van der Waals surface area contributed by atoms with Gasteiger partial charge in [0.15, 0.2) is 21.3 Å². The van der Waals surface area contributed by atoms with Crippen LogP contribution in [0.15, 0.2) is 28.3 Å². The minimum atomic E-state index is -4.74. The van der Waals surface area contributed by atoms with Crippen molar-refractivity contribution in [2.75, 3.05) is 11.1 Å². The first kappa shape index (κ1) is 22.8. The van der Waals surface area contributed by atoms with Crippen LogP contribution in [-0.2, 0) is 16.4 Å². The Morgan fingerprint density at radius 3 is 2.39 bits per heavy atom. The molecule has 0 bridgehead atoms. The molecule has 0 spiro atoms. The molecule has 3 aromatic rings. The van der Waals surface area contributed by atoms with E-state index in [1.54, 1.807) is 0 Å². The van der Waals surface area contributed by atoms with Crippen molar-refractivity contribution in [1.29, 1.82) is 0 Å². The molecule has 0 aliphatic heterocycles. The van der Waals surface area contributed by atoms with Gasteiger partial charge in [0.05, 0.1) is 18.5 Å². The number of nitrogens with one attached hydrogen (secondary N) is 1. The first-order valence-electron chi connectivity index (χ1n) is 8.73. The number of rotatable bonds is 6. The normalized spacial score (nSPS) is 13.4. The molecule has 15 heteroatoms. The van der Waals surface area contributed by atoms with Crippen LogP contribution in [0.25, 0.3) is 11.2 Å². The zero-order valence-corrected chi connectivity index (χ0v) is 17.6. The SMILES string of the molecule is CCS(=O)(=O)c1cnc(CNc2nc3cnc(Cl)nc3n([C@@H](C)C(F)(F)F)c2=O)nc1. The first-order chi connectivity index (χ1) is 14.4. The average molecular weight is 478 g/mol. The van der Waals surface area contributed by atoms with Gasteiger partial charge in [0.1, 0.15) is 22.3 Å². The maximum atomic E-state index is 13.3. The highest BCUT2D eigenvalue weighted by molar-refractivity contribution is 7.91. The van der Waals surface area contributed by atoms with E-state index >= 15 is 0 Å². The predicted molar refractivity (Wildman–Crippen MR) is 104 cm³/mol. The number of alkyl halides is 3. The van der Waals surface area contributed by atoms with E-state index in [9.17, 15) is 26.4 Å². The molecular formula is C16H15ClF3N7O3S. The van der Waals surface area contributed by atoms with Crippen LogP contribution in [0.3, 0.4) is 0 Å². The Bertz CT molecular complexity index is 1280. The van der Waals surface area contributed by atoms with Gasteiger partial charge in [-0.15, -0.1) is 0 Å². The molecule has 0 saturated carbocycles. The van der Waals surface area contributed by atoms with Crippen LogP contribution in [0.2, 0.25) is 5.28 Å². The van der Waals surface area contributed by atoms with E-state index in [0.29, 0.717) is 4.57 Å². The first-order valence-corrected chi connectivity index (χ1v) is 10.8. The van der Waals surface area contributed by atoms with Crippen LogP contribution < -0.4 is 10.9 Å². The van der Waals surface area contributed by atoms with Gasteiger partial charge in [0.25, 0.3) is 5.56 Å². The van der Waals surface area contributed by atoms with Gasteiger partial charge >= 0.3 is 6.18 Å². The van der Waals surface area contributed by atoms with Crippen molar-refractivity contribution >= 4 is 38.4 Å². The van der Waals surface area contributed by atoms with Gasteiger partial charge in [-0.05, 0) is 18.5 Å². The van der Waals surface area contributed by atoms with Crippen molar-refractivity contribution in [3.63, 3.8) is 0 Å². The lowest BCUT2D eigenvalue weighted by Gasteiger charge is -2.20. The molecule has 0 amide bonds. The molecule has 166 valence electrons. The van der Waals surface area contributed by atoms with Crippen LogP contribution in [0, 0.1) is 0 Å². The zero-order valence-electron chi connectivity index (χ0n) is 16.1. The predicted octanol–water partition coefficient (Wildman–Crippen LogP) is 2.16. The summed E-state index contributed by atoms with van der Waals surface area (Å²) in [5, 5.41) is 2.24.